The topological polar surface area (TPSA) is 69.9 Å². The Labute approximate surface area is 164 Å². The number of piperazine rings is 1. The van der Waals surface area contributed by atoms with Gasteiger partial charge in [0.15, 0.2) is 0 Å². The van der Waals surface area contributed by atoms with E-state index in [-0.39, 0.29) is 11.6 Å². The highest BCUT2D eigenvalue weighted by Gasteiger charge is 2.28. The van der Waals surface area contributed by atoms with Gasteiger partial charge in [-0.25, -0.2) is 0 Å². The van der Waals surface area contributed by atoms with Crippen molar-refractivity contribution < 1.29 is 9.72 Å². The lowest BCUT2D eigenvalue weighted by Gasteiger charge is -2.36. The van der Waals surface area contributed by atoms with Crippen LogP contribution in [0.15, 0.2) is 48.5 Å². The molecule has 7 heteroatoms. The summed E-state index contributed by atoms with van der Waals surface area (Å²) < 4.78 is 0. The van der Waals surface area contributed by atoms with Gasteiger partial charge in [-0.1, -0.05) is 18.2 Å². The first-order chi connectivity index (χ1) is 13.6. The van der Waals surface area contributed by atoms with Crippen molar-refractivity contribution in [2.75, 3.05) is 49.1 Å². The first-order valence-electron chi connectivity index (χ1n) is 9.76. The summed E-state index contributed by atoms with van der Waals surface area (Å²) in [7, 11) is 0. The van der Waals surface area contributed by atoms with Crippen LogP contribution < -0.4 is 9.80 Å². The Morgan fingerprint density at radius 1 is 0.857 bits per heavy atom. The Morgan fingerprint density at radius 2 is 1.54 bits per heavy atom. The van der Waals surface area contributed by atoms with Gasteiger partial charge in [-0.15, -0.1) is 0 Å². The molecular formula is C21H24N4O3. The minimum Gasteiger partial charge on any atom is -0.371 e. The van der Waals surface area contributed by atoms with Crippen LogP contribution in [0.4, 0.5) is 17.1 Å². The van der Waals surface area contributed by atoms with E-state index in [1.807, 2.05) is 23.1 Å². The molecule has 2 aliphatic rings. The molecule has 0 aliphatic carbocycles. The van der Waals surface area contributed by atoms with Gasteiger partial charge in [0, 0.05) is 57.1 Å². The normalized spacial score (nSPS) is 17.1. The number of nitro benzene ring substituents is 1. The third-order valence-corrected chi connectivity index (χ3v) is 5.56. The number of benzene rings is 2. The molecule has 146 valence electrons. The van der Waals surface area contributed by atoms with E-state index in [9.17, 15) is 14.9 Å². The van der Waals surface area contributed by atoms with Gasteiger partial charge in [-0.2, -0.15) is 0 Å². The first kappa shape index (κ1) is 18.3. The Kier molecular flexibility index (Phi) is 5.14. The molecule has 1 amide bonds. The van der Waals surface area contributed by atoms with E-state index >= 15 is 0 Å². The zero-order valence-corrected chi connectivity index (χ0v) is 15.8. The van der Waals surface area contributed by atoms with E-state index in [0.717, 1.165) is 50.4 Å². The lowest BCUT2D eigenvalue weighted by atomic mass is 10.1. The van der Waals surface area contributed by atoms with Crippen LogP contribution in [-0.2, 0) is 0 Å². The van der Waals surface area contributed by atoms with Crippen molar-refractivity contribution in [3.8, 4) is 0 Å². The van der Waals surface area contributed by atoms with Crippen LogP contribution in [0.1, 0.15) is 23.2 Å². The van der Waals surface area contributed by atoms with Crippen molar-refractivity contribution in [2.24, 2.45) is 0 Å². The van der Waals surface area contributed by atoms with Crippen LogP contribution in [0.25, 0.3) is 0 Å². The predicted molar refractivity (Wildman–Crippen MR) is 109 cm³/mol. The number of non-ortho nitro benzene ring substituents is 1. The van der Waals surface area contributed by atoms with E-state index in [0.29, 0.717) is 18.7 Å². The largest absolute Gasteiger partial charge is 0.371 e. The molecule has 0 unspecified atom stereocenters. The molecule has 2 heterocycles. The summed E-state index contributed by atoms with van der Waals surface area (Å²) in [6.07, 6.45) is 2.17. The third kappa shape index (κ3) is 3.65. The minimum absolute atomic E-state index is 0.0331. The van der Waals surface area contributed by atoms with Gasteiger partial charge in [-0.05, 0) is 31.0 Å². The number of hydrogen-bond donors (Lipinski definition) is 0. The van der Waals surface area contributed by atoms with Crippen LogP contribution in [0.5, 0.6) is 0 Å². The summed E-state index contributed by atoms with van der Waals surface area (Å²) in [5.41, 5.74) is 2.39. The number of nitro groups is 1. The molecule has 0 bridgehead atoms. The van der Waals surface area contributed by atoms with Crippen LogP contribution >= 0.6 is 0 Å². The SMILES string of the molecule is O=C(c1cc([N+](=O)[O-])ccc1N1CCCC1)N1CCN(c2ccccc2)CC1. The second-order valence-corrected chi connectivity index (χ2v) is 7.27. The average Bonchev–Trinajstić information content (AvgIpc) is 3.28. The predicted octanol–water partition coefficient (Wildman–Crippen LogP) is 3.16. The summed E-state index contributed by atoms with van der Waals surface area (Å²) in [5.74, 6) is -0.113. The Bertz CT molecular complexity index is 857. The quantitative estimate of drug-likeness (QED) is 0.602. The number of para-hydroxylation sites is 1. The fraction of sp³-hybridized carbons (Fsp3) is 0.381. The molecule has 28 heavy (non-hydrogen) atoms. The van der Waals surface area contributed by atoms with Crippen LogP contribution in [-0.4, -0.2) is 55.0 Å². The highest BCUT2D eigenvalue weighted by molar-refractivity contribution is 6.00. The maximum absolute atomic E-state index is 13.3. The van der Waals surface area contributed by atoms with E-state index < -0.39 is 4.92 Å². The molecule has 0 aromatic heterocycles. The fourth-order valence-corrected chi connectivity index (χ4v) is 4.02. The summed E-state index contributed by atoms with van der Waals surface area (Å²) in [4.78, 5) is 30.3. The van der Waals surface area contributed by atoms with Gasteiger partial charge in [-0.3, -0.25) is 14.9 Å². The van der Waals surface area contributed by atoms with E-state index in [4.69, 9.17) is 0 Å². The molecule has 2 aliphatic heterocycles. The number of carbonyl (C=O) groups is 1. The lowest BCUT2D eigenvalue weighted by molar-refractivity contribution is -0.384. The smallest absolute Gasteiger partial charge is 0.270 e. The van der Waals surface area contributed by atoms with Gasteiger partial charge < -0.3 is 14.7 Å². The Morgan fingerprint density at radius 3 is 2.18 bits per heavy atom. The molecule has 4 rings (SSSR count). The third-order valence-electron chi connectivity index (χ3n) is 5.56. The van der Waals surface area contributed by atoms with E-state index in [1.165, 1.54) is 12.1 Å². The van der Waals surface area contributed by atoms with Crippen LogP contribution in [0.3, 0.4) is 0 Å². The minimum atomic E-state index is -0.433. The van der Waals surface area contributed by atoms with Crippen molar-refractivity contribution in [3.05, 3.63) is 64.2 Å². The summed E-state index contributed by atoms with van der Waals surface area (Å²) in [5, 5.41) is 11.2. The standard InChI is InChI=1S/C21H24N4O3/c26-21(24-14-12-22(13-15-24)17-6-2-1-3-7-17)19-16-18(25(27)28)8-9-20(19)23-10-4-5-11-23/h1-3,6-9,16H,4-5,10-15H2. The number of nitrogens with zero attached hydrogens (tertiary/aromatic N) is 4. The first-order valence-corrected chi connectivity index (χ1v) is 9.76. The van der Waals surface area contributed by atoms with Crippen molar-refractivity contribution in [1.82, 2.24) is 4.90 Å². The van der Waals surface area contributed by atoms with Gasteiger partial charge >= 0.3 is 0 Å². The molecule has 2 saturated heterocycles. The van der Waals surface area contributed by atoms with Crippen LogP contribution in [0, 0.1) is 10.1 Å². The molecule has 2 aromatic rings. The molecule has 0 spiro atoms. The Hall–Kier alpha value is -3.09. The zero-order valence-electron chi connectivity index (χ0n) is 15.8. The molecular weight excluding hydrogens is 356 g/mol. The van der Waals surface area contributed by atoms with Crippen molar-refractivity contribution in [1.29, 1.82) is 0 Å². The van der Waals surface area contributed by atoms with E-state index in [1.54, 1.807) is 6.07 Å². The zero-order chi connectivity index (χ0) is 19.5. The number of carbonyl (C=O) groups excluding carboxylic acids is 1. The molecule has 0 saturated carbocycles. The summed E-state index contributed by atoms with van der Waals surface area (Å²) >= 11 is 0. The van der Waals surface area contributed by atoms with Crippen molar-refractivity contribution >= 4 is 23.0 Å². The summed E-state index contributed by atoms with van der Waals surface area (Å²) in [6, 6.07) is 14.8. The molecule has 0 atom stereocenters. The van der Waals surface area contributed by atoms with Gasteiger partial charge in [0.05, 0.1) is 16.2 Å². The van der Waals surface area contributed by atoms with Gasteiger partial charge in [0.25, 0.3) is 11.6 Å². The fourth-order valence-electron chi connectivity index (χ4n) is 4.02. The van der Waals surface area contributed by atoms with Gasteiger partial charge in [0.1, 0.15) is 0 Å². The lowest BCUT2D eigenvalue weighted by Crippen LogP contribution is -2.49. The summed E-state index contributed by atoms with van der Waals surface area (Å²) in [6.45, 7) is 4.50. The number of anilines is 2. The molecule has 7 nitrogen and oxygen atoms in total. The Balaban J connectivity index is 1.54. The average molecular weight is 380 g/mol. The maximum atomic E-state index is 13.3. The van der Waals surface area contributed by atoms with Crippen molar-refractivity contribution in [2.45, 2.75) is 12.8 Å². The molecule has 2 aromatic carbocycles. The number of rotatable bonds is 4. The van der Waals surface area contributed by atoms with Gasteiger partial charge in [0.2, 0.25) is 0 Å². The number of amides is 1. The van der Waals surface area contributed by atoms with Crippen LogP contribution in [0.2, 0.25) is 0 Å². The van der Waals surface area contributed by atoms with Crippen molar-refractivity contribution in [3.63, 3.8) is 0 Å². The number of hydrogen-bond acceptors (Lipinski definition) is 5. The highest BCUT2D eigenvalue weighted by Crippen LogP contribution is 2.30. The molecule has 2 fully saturated rings. The monoisotopic (exact) mass is 380 g/mol. The second kappa shape index (κ2) is 7.88. The highest BCUT2D eigenvalue weighted by atomic mass is 16.6. The molecule has 0 radical (unpaired) electrons. The maximum Gasteiger partial charge on any atom is 0.270 e. The second-order valence-electron chi connectivity index (χ2n) is 7.27. The molecule has 0 N–H and O–H groups in total. The van der Waals surface area contributed by atoms with E-state index in [2.05, 4.69) is 21.9 Å².